The Labute approximate surface area is 193 Å². The van der Waals surface area contributed by atoms with Crippen molar-refractivity contribution in [2.75, 3.05) is 33.4 Å². The Hall–Kier alpha value is -2.96. The van der Waals surface area contributed by atoms with Crippen molar-refractivity contribution in [3.8, 4) is 0 Å². The van der Waals surface area contributed by atoms with E-state index in [9.17, 15) is 9.59 Å². The van der Waals surface area contributed by atoms with Gasteiger partial charge in [-0.1, -0.05) is 48.5 Å². The average molecular weight is 449 g/mol. The number of methoxy groups -OCH3 is 1. The highest BCUT2D eigenvalue weighted by molar-refractivity contribution is 7.10. The minimum atomic E-state index is -0.125. The summed E-state index contributed by atoms with van der Waals surface area (Å²) in [7, 11) is 1.64. The van der Waals surface area contributed by atoms with Gasteiger partial charge in [0.15, 0.2) is 0 Å². The van der Waals surface area contributed by atoms with Gasteiger partial charge in [-0.15, -0.1) is 11.3 Å². The molecule has 3 aromatic rings. The van der Waals surface area contributed by atoms with Gasteiger partial charge in [0, 0.05) is 37.2 Å². The van der Waals surface area contributed by atoms with Crippen LogP contribution in [-0.2, 0) is 16.0 Å². The number of carbonyl (C=O) groups is 2. The van der Waals surface area contributed by atoms with Gasteiger partial charge in [0.1, 0.15) is 6.54 Å². The molecule has 0 fully saturated rings. The Kier molecular flexibility index (Phi) is 7.35. The van der Waals surface area contributed by atoms with Gasteiger partial charge in [-0.3, -0.25) is 9.59 Å². The number of hydrogen-bond acceptors (Lipinski definition) is 4. The van der Waals surface area contributed by atoms with E-state index in [4.69, 9.17) is 4.74 Å². The Morgan fingerprint density at radius 1 is 1.06 bits per heavy atom. The van der Waals surface area contributed by atoms with Crippen molar-refractivity contribution in [1.29, 1.82) is 0 Å². The summed E-state index contributed by atoms with van der Waals surface area (Å²) >= 11 is 1.75. The van der Waals surface area contributed by atoms with Gasteiger partial charge in [-0.2, -0.15) is 0 Å². The Balaban J connectivity index is 1.58. The summed E-state index contributed by atoms with van der Waals surface area (Å²) in [6.07, 6.45) is 1.53. The van der Waals surface area contributed by atoms with Crippen molar-refractivity contribution in [3.63, 3.8) is 0 Å². The maximum absolute atomic E-state index is 13.6. The predicted octanol–water partition coefficient (Wildman–Crippen LogP) is 4.40. The lowest BCUT2D eigenvalue weighted by Crippen LogP contribution is -2.47. The Morgan fingerprint density at radius 3 is 2.50 bits per heavy atom. The van der Waals surface area contributed by atoms with E-state index in [2.05, 4.69) is 23.6 Å². The van der Waals surface area contributed by atoms with Gasteiger partial charge in [0.25, 0.3) is 5.91 Å². The van der Waals surface area contributed by atoms with E-state index in [0.29, 0.717) is 31.7 Å². The number of nitrogens with zero attached hydrogens (tertiary/aromatic N) is 2. The molecule has 4 rings (SSSR count). The molecule has 0 radical (unpaired) electrons. The van der Waals surface area contributed by atoms with Crippen LogP contribution in [0.2, 0.25) is 0 Å². The lowest BCUT2D eigenvalue weighted by atomic mass is 9.93. The summed E-state index contributed by atoms with van der Waals surface area (Å²) in [5.41, 5.74) is 2.89. The van der Waals surface area contributed by atoms with Crippen LogP contribution in [0.5, 0.6) is 0 Å². The lowest BCUT2D eigenvalue weighted by Gasteiger charge is -2.37. The van der Waals surface area contributed by atoms with Crippen molar-refractivity contribution in [3.05, 3.63) is 93.7 Å². The molecule has 1 aromatic heterocycles. The van der Waals surface area contributed by atoms with Crippen molar-refractivity contribution < 1.29 is 14.3 Å². The summed E-state index contributed by atoms with van der Waals surface area (Å²) in [5, 5.41) is 2.10. The summed E-state index contributed by atoms with van der Waals surface area (Å²) in [4.78, 5) is 31.7. The number of thiophene rings is 1. The van der Waals surface area contributed by atoms with E-state index in [1.54, 1.807) is 35.5 Å². The number of fused-ring (bicyclic) bond motifs is 1. The SMILES string of the molecule is COCCCN(CC(=O)N1CCc2sccc2C1c1ccccc1)C(=O)c1ccccc1. The van der Waals surface area contributed by atoms with Crippen LogP contribution in [0.1, 0.15) is 38.8 Å². The predicted molar refractivity (Wildman–Crippen MR) is 127 cm³/mol. The second-order valence-electron chi connectivity index (χ2n) is 7.89. The van der Waals surface area contributed by atoms with Gasteiger partial charge < -0.3 is 14.5 Å². The second-order valence-corrected chi connectivity index (χ2v) is 8.89. The molecule has 0 saturated heterocycles. The van der Waals surface area contributed by atoms with Crippen LogP contribution in [-0.4, -0.2) is 55.0 Å². The molecule has 0 saturated carbocycles. The van der Waals surface area contributed by atoms with E-state index in [0.717, 1.165) is 12.0 Å². The molecular weight excluding hydrogens is 420 g/mol. The normalized spacial score (nSPS) is 15.3. The third-order valence-corrected chi connectivity index (χ3v) is 6.81. The minimum absolute atomic E-state index is 0.0302. The van der Waals surface area contributed by atoms with E-state index < -0.39 is 0 Å². The van der Waals surface area contributed by atoms with Crippen molar-refractivity contribution in [2.24, 2.45) is 0 Å². The summed E-state index contributed by atoms with van der Waals surface area (Å²) < 4.78 is 5.17. The molecule has 0 N–H and O–H groups in total. The largest absolute Gasteiger partial charge is 0.385 e. The highest BCUT2D eigenvalue weighted by atomic mass is 32.1. The molecule has 5 nitrogen and oxygen atoms in total. The molecule has 1 aliphatic rings. The highest BCUT2D eigenvalue weighted by Gasteiger charge is 2.33. The Morgan fingerprint density at radius 2 is 1.78 bits per heavy atom. The maximum atomic E-state index is 13.6. The average Bonchev–Trinajstić information content (AvgIpc) is 3.32. The highest BCUT2D eigenvalue weighted by Crippen LogP contribution is 2.37. The molecule has 0 spiro atoms. The monoisotopic (exact) mass is 448 g/mol. The first-order valence-electron chi connectivity index (χ1n) is 10.9. The molecule has 2 aromatic carbocycles. The summed E-state index contributed by atoms with van der Waals surface area (Å²) in [5.74, 6) is -0.156. The zero-order chi connectivity index (χ0) is 22.3. The van der Waals surface area contributed by atoms with Crippen molar-refractivity contribution in [2.45, 2.75) is 18.9 Å². The first kappa shape index (κ1) is 22.2. The van der Waals surface area contributed by atoms with Gasteiger partial charge in [0.05, 0.1) is 6.04 Å². The van der Waals surface area contributed by atoms with Crippen molar-refractivity contribution in [1.82, 2.24) is 9.80 Å². The number of hydrogen-bond donors (Lipinski definition) is 0. The van der Waals surface area contributed by atoms with E-state index >= 15 is 0 Å². The van der Waals surface area contributed by atoms with Crippen LogP contribution in [0.4, 0.5) is 0 Å². The first-order chi connectivity index (χ1) is 15.7. The van der Waals surface area contributed by atoms with E-state index in [-0.39, 0.29) is 24.4 Å². The van der Waals surface area contributed by atoms with E-state index in [1.807, 2.05) is 41.3 Å². The molecule has 0 aliphatic carbocycles. The van der Waals surface area contributed by atoms with Crippen LogP contribution in [0, 0.1) is 0 Å². The smallest absolute Gasteiger partial charge is 0.254 e. The standard InChI is InChI=1S/C26H28N2O3S/c1-31-17-8-15-27(26(30)21-11-6-3-7-12-21)19-24(29)28-16-13-23-22(14-18-32-23)25(28)20-9-4-2-5-10-20/h2-7,9-12,14,18,25H,8,13,15-17,19H2,1H3. The molecule has 2 amide bonds. The Bertz CT molecular complexity index is 1040. The fraction of sp³-hybridized carbons (Fsp3) is 0.308. The summed E-state index contributed by atoms with van der Waals surface area (Å²) in [6.45, 7) is 1.72. The van der Waals surface area contributed by atoms with Crippen LogP contribution in [0.3, 0.4) is 0 Å². The van der Waals surface area contributed by atoms with E-state index in [1.165, 1.54) is 10.4 Å². The molecule has 166 valence electrons. The van der Waals surface area contributed by atoms with Gasteiger partial charge in [0.2, 0.25) is 5.91 Å². The first-order valence-corrected chi connectivity index (χ1v) is 11.8. The molecule has 32 heavy (non-hydrogen) atoms. The zero-order valence-corrected chi connectivity index (χ0v) is 19.1. The maximum Gasteiger partial charge on any atom is 0.254 e. The van der Waals surface area contributed by atoms with Crippen LogP contribution in [0.15, 0.2) is 72.1 Å². The molecule has 6 heteroatoms. The zero-order valence-electron chi connectivity index (χ0n) is 18.3. The van der Waals surface area contributed by atoms with Crippen LogP contribution >= 0.6 is 11.3 Å². The lowest BCUT2D eigenvalue weighted by molar-refractivity contribution is -0.134. The fourth-order valence-corrected chi connectivity index (χ4v) is 5.15. The van der Waals surface area contributed by atoms with Crippen LogP contribution < -0.4 is 0 Å². The number of amides is 2. The number of benzene rings is 2. The van der Waals surface area contributed by atoms with Crippen LogP contribution in [0.25, 0.3) is 0 Å². The molecule has 1 atom stereocenters. The third-order valence-electron chi connectivity index (χ3n) is 5.81. The molecule has 1 unspecified atom stereocenters. The van der Waals surface area contributed by atoms with Gasteiger partial charge >= 0.3 is 0 Å². The van der Waals surface area contributed by atoms with Crippen molar-refractivity contribution >= 4 is 23.2 Å². The minimum Gasteiger partial charge on any atom is -0.385 e. The number of carbonyl (C=O) groups excluding carboxylic acids is 2. The quantitative estimate of drug-likeness (QED) is 0.480. The number of rotatable bonds is 8. The molecular formula is C26H28N2O3S. The summed E-state index contributed by atoms with van der Waals surface area (Å²) in [6, 6.07) is 21.3. The fourth-order valence-electron chi connectivity index (χ4n) is 4.25. The molecule has 2 heterocycles. The molecule has 0 bridgehead atoms. The number of ether oxygens (including phenoxy) is 1. The van der Waals surface area contributed by atoms with Gasteiger partial charge in [-0.05, 0) is 47.5 Å². The second kappa shape index (κ2) is 10.6. The molecule has 1 aliphatic heterocycles. The third kappa shape index (κ3) is 4.92. The van der Waals surface area contributed by atoms with Gasteiger partial charge in [-0.25, -0.2) is 0 Å². The topological polar surface area (TPSA) is 49.9 Å².